The summed E-state index contributed by atoms with van der Waals surface area (Å²) >= 11 is 0. The number of nitrogen functional groups attached to an aromatic ring is 1. The first-order valence-electron chi connectivity index (χ1n) is 6.45. The van der Waals surface area contributed by atoms with Crippen molar-refractivity contribution >= 4 is 11.6 Å². The van der Waals surface area contributed by atoms with Crippen molar-refractivity contribution in [2.75, 3.05) is 32.2 Å². The third kappa shape index (κ3) is 3.42. The summed E-state index contributed by atoms with van der Waals surface area (Å²) in [7, 11) is 1.70. The van der Waals surface area contributed by atoms with E-state index in [4.69, 9.17) is 10.6 Å². The lowest BCUT2D eigenvalue weighted by Gasteiger charge is -2.32. The fourth-order valence-corrected chi connectivity index (χ4v) is 2.39. The van der Waals surface area contributed by atoms with E-state index in [1.54, 1.807) is 25.4 Å². The van der Waals surface area contributed by atoms with E-state index in [9.17, 15) is 4.79 Å². The second-order valence-electron chi connectivity index (χ2n) is 4.79. The highest BCUT2D eigenvalue weighted by molar-refractivity contribution is 5.92. The molecule has 1 aliphatic rings. The Bertz CT molecular complexity index is 419. The molecule has 1 fully saturated rings. The number of aromatic nitrogens is 1. The normalized spacial score (nSPS) is 19.3. The Kier molecular flexibility index (Phi) is 4.70. The maximum absolute atomic E-state index is 12.3. The van der Waals surface area contributed by atoms with E-state index in [1.165, 1.54) is 0 Å². The minimum absolute atomic E-state index is 0.0237. The van der Waals surface area contributed by atoms with Crippen molar-refractivity contribution in [2.45, 2.75) is 12.8 Å². The molecule has 1 aliphatic heterocycles. The number of methoxy groups -OCH3 is 1. The molecule has 1 unspecified atom stereocenters. The topological polar surface area (TPSA) is 80.5 Å². The van der Waals surface area contributed by atoms with Crippen LogP contribution >= 0.6 is 0 Å². The number of piperidine rings is 1. The van der Waals surface area contributed by atoms with Gasteiger partial charge in [0.25, 0.3) is 5.91 Å². The summed E-state index contributed by atoms with van der Waals surface area (Å²) in [5.74, 6) is 5.67. The second kappa shape index (κ2) is 6.49. The van der Waals surface area contributed by atoms with Gasteiger partial charge in [-0.1, -0.05) is 0 Å². The van der Waals surface area contributed by atoms with Gasteiger partial charge in [0.2, 0.25) is 0 Å². The fourth-order valence-electron chi connectivity index (χ4n) is 2.39. The van der Waals surface area contributed by atoms with E-state index in [1.807, 2.05) is 4.90 Å². The Morgan fingerprint density at radius 1 is 1.63 bits per heavy atom. The molecule has 1 amide bonds. The van der Waals surface area contributed by atoms with Gasteiger partial charge < -0.3 is 15.1 Å². The standard InChI is InChI=1S/C13H20N4O2/c1-19-9-10-3-2-6-17(8-10)13(18)12-5-4-11(16-14)7-15-12/h4-5,7,10,16H,2-3,6,8-9,14H2,1H3. The number of hydrogen-bond acceptors (Lipinski definition) is 5. The van der Waals surface area contributed by atoms with E-state index in [0.29, 0.717) is 23.9 Å². The number of nitrogens with two attached hydrogens (primary N) is 1. The number of carbonyl (C=O) groups is 1. The van der Waals surface area contributed by atoms with Crippen LogP contribution in [0.5, 0.6) is 0 Å². The maximum atomic E-state index is 12.3. The molecule has 6 heteroatoms. The van der Waals surface area contributed by atoms with Gasteiger partial charge in [0.05, 0.1) is 18.5 Å². The molecule has 1 aromatic heterocycles. The Morgan fingerprint density at radius 2 is 2.47 bits per heavy atom. The number of hydrazine groups is 1. The molecular weight excluding hydrogens is 244 g/mol. The number of pyridine rings is 1. The van der Waals surface area contributed by atoms with Crippen LogP contribution in [0, 0.1) is 5.92 Å². The third-order valence-electron chi connectivity index (χ3n) is 3.36. The van der Waals surface area contributed by atoms with Crippen molar-refractivity contribution in [3.05, 3.63) is 24.0 Å². The highest BCUT2D eigenvalue weighted by atomic mass is 16.5. The SMILES string of the molecule is COCC1CCCN(C(=O)c2ccc(NN)cn2)C1. The number of rotatable bonds is 4. The molecule has 1 aromatic rings. The van der Waals surface area contributed by atoms with Gasteiger partial charge in [-0.3, -0.25) is 10.6 Å². The van der Waals surface area contributed by atoms with Crippen LogP contribution in [0.15, 0.2) is 18.3 Å². The number of hydrogen-bond donors (Lipinski definition) is 2. The summed E-state index contributed by atoms with van der Waals surface area (Å²) in [5, 5.41) is 0. The molecule has 3 N–H and O–H groups in total. The first-order chi connectivity index (χ1) is 9.24. The van der Waals surface area contributed by atoms with E-state index in [-0.39, 0.29) is 5.91 Å². The van der Waals surface area contributed by atoms with Crippen LogP contribution in [0.4, 0.5) is 5.69 Å². The van der Waals surface area contributed by atoms with Crippen LogP contribution in [-0.4, -0.2) is 42.6 Å². The highest BCUT2D eigenvalue weighted by Gasteiger charge is 2.24. The highest BCUT2D eigenvalue weighted by Crippen LogP contribution is 2.18. The molecule has 0 bridgehead atoms. The Labute approximate surface area is 112 Å². The molecule has 0 saturated carbocycles. The van der Waals surface area contributed by atoms with Crippen molar-refractivity contribution in [1.82, 2.24) is 9.88 Å². The first kappa shape index (κ1) is 13.8. The molecule has 0 spiro atoms. The van der Waals surface area contributed by atoms with Crippen LogP contribution in [0.25, 0.3) is 0 Å². The summed E-state index contributed by atoms with van der Waals surface area (Å²) in [6, 6.07) is 3.44. The van der Waals surface area contributed by atoms with Gasteiger partial charge >= 0.3 is 0 Å². The predicted molar refractivity (Wildman–Crippen MR) is 72.6 cm³/mol. The van der Waals surface area contributed by atoms with Crippen molar-refractivity contribution in [1.29, 1.82) is 0 Å². The molecule has 0 radical (unpaired) electrons. The minimum atomic E-state index is -0.0237. The monoisotopic (exact) mass is 264 g/mol. The molecule has 6 nitrogen and oxygen atoms in total. The zero-order valence-electron chi connectivity index (χ0n) is 11.1. The molecule has 0 aliphatic carbocycles. The molecule has 104 valence electrons. The molecule has 0 aromatic carbocycles. The summed E-state index contributed by atoms with van der Waals surface area (Å²) in [6.07, 6.45) is 3.69. The van der Waals surface area contributed by atoms with Crippen molar-refractivity contribution in [3.63, 3.8) is 0 Å². The number of anilines is 1. The number of amides is 1. The second-order valence-corrected chi connectivity index (χ2v) is 4.79. The van der Waals surface area contributed by atoms with Gasteiger partial charge in [0.1, 0.15) is 5.69 Å². The lowest BCUT2D eigenvalue weighted by Crippen LogP contribution is -2.41. The van der Waals surface area contributed by atoms with Crippen LogP contribution in [0.3, 0.4) is 0 Å². The predicted octanol–water partition coefficient (Wildman–Crippen LogP) is 0.866. The molecule has 2 heterocycles. The average Bonchev–Trinajstić information content (AvgIpc) is 2.47. The number of carbonyl (C=O) groups excluding carboxylic acids is 1. The molecule has 1 saturated heterocycles. The summed E-state index contributed by atoms with van der Waals surface area (Å²) in [5.41, 5.74) is 3.64. The van der Waals surface area contributed by atoms with E-state index >= 15 is 0 Å². The van der Waals surface area contributed by atoms with Crippen LogP contribution in [-0.2, 0) is 4.74 Å². The smallest absolute Gasteiger partial charge is 0.272 e. The first-order valence-corrected chi connectivity index (χ1v) is 6.45. The largest absolute Gasteiger partial charge is 0.384 e. The zero-order valence-corrected chi connectivity index (χ0v) is 11.1. The minimum Gasteiger partial charge on any atom is -0.384 e. The van der Waals surface area contributed by atoms with Crippen LogP contribution < -0.4 is 11.3 Å². The Balaban J connectivity index is 2.01. The lowest BCUT2D eigenvalue weighted by molar-refractivity contribution is 0.0566. The number of nitrogens with zero attached hydrogens (tertiary/aromatic N) is 2. The van der Waals surface area contributed by atoms with Crippen molar-refractivity contribution in [2.24, 2.45) is 11.8 Å². The molecule has 2 rings (SSSR count). The molecule has 19 heavy (non-hydrogen) atoms. The van der Waals surface area contributed by atoms with Gasteiger partial charge in [0, 0.05) is 20.2 Å². The van der Waals surface area contributed by atoms with E-state index in [0.717, 1.165) is 25.9 Å². The van der Waals surface area contributed by atoms with Gasteiger partial charge in [-0.25, -0.2) is 4.98 Å². The lowest BCUT2D eigenvalue weighted by atomic mass is 9.98. The number of ether oxygens (including phenoxy) is 1. The van der Waals surface area contributed by atoms with Crippen LogP contribution in [0.2, 0.25) is 0 Å². The van der Waals surface area contributed by atoms with Crippen molar-refractivity contribution in [3.8, 4) is 0 Å². The molecule has 1 atom stereocenters. The summed E-state index contributed by atoms with van der Waals surface area (Å²) in [4.78, 5) is 18.3. The third-order valence-corrected chi connectivity index (χ3v) is 3.36. The average molecular weight is 264 g/mol. The Hall–Kier alpha value is -1.66. The maximum Gasteiger partial charge on any atom is 0.272 e. The Morgan fingerprint density at radius 3 is 3.11 bits per heavy atom. The van der Waals surface area contributed by atoms with Gasteiger partial charge in [-0.05, 0) is 30.9 Å². The van der Waals surface area contributed by atoms with Gasteiger partial charge in [-0.2, -0.15) is 0 Å². The van der Waals surface area contributed by atoms with Crippen LogP contribution in [0.1, 0.15) is 23.3 Å². The zero-order chi connectivity index (χ0) is 13.7. The fraction of sp³-hybridized carbons (Fsp3) is 0.538. The number of likely N-dealkylation sites (tertiary alicyclic amines) is 1. The van der Waals surface area contributed by atoms with E-state index in [2.05, 4.69) is 10.4 Å². The van der Waals surface area contributed by atoms with Crippen molar-refractivity contribution < 1.29 is 9.53 Å². The summed E-state index contributed by atoms with van der Waals surface area (Å²) < 4.78 is 5.17. The van der Waals surface area contributed by atoms with Gasteiger partial charge in [-0.15, -0.1) is 0 Å². The van der Waals surface area contributed by atoms with Gasteiger partial charge in [0.15, 0.2) is 0 Å². The van der Waals surface area contributed by atoms with E-state index < -0.39 is 0 Å². The quantitative estimate of drug-likeness (QED) is 0.623. The summed E-state index contributed by atoms with van der Waals surface area (Å²) in [6.45, 7) is 2.23. The molecular formula is C13H20N4O2. The number of nitrogens with one attached hydrogen (secondary N) is 1.